The number of anilines is 1. The second-order valence-electron chi connectivity index (χ2n) is 6.33. The van der Waals surface area contributed by atoms with Crippen LogP contribution in [0.2, 0.25) is 0 Å². The van der Waals surface area contributed by atoms with Crippen molar-refractivity contribution in [2.45, 2.75) is 44.8 Å². The van der Waals surface area contributed by atoms with E-state index >= 15 is 0 Å². The molecule has 1 saturated carbocycles. The lowest BCUT2D eigenvalue weighted by Crippen LogP contribution is -2.23. The minimum atomic E-state index is -0.449. The highest BCUT2D eigenvalue weighted by atomic mass is 16.6. The van der Waals surface area contributed by atoms with Crippen LogP contribution in [0.15, 0.2) is 36.7 Å². The summed E-state index contributed by atoms with van der Waals surface area (Å²) >= 11 is 0. The summed E-state index contributed by atoms with van der Waals surface area (Å²) in [5.41, 5.74) is 0.888. The fraction of sp³-hybridized carbons (Fsp3) is 0.444. The number of nitro groups is 1. The summed E-state index contributed by atoms with van der Waals surface area (Å²) in [5.74, 6) is 0.344. The minimum absolute atomic E-state index is 0.00497. The van der Waals surface area contributed by atoms with Gasteiger partial charge >= 0.3 is 5.69 Å². The van der Waals surface area contributed by atoms with Crippen molar-refractivity contribution in [2.24, 2.45) is 0 Å². The third-order valence-electron chi connectivity index (χ3n) is 4.41. The van der Waals surface area contributed by atoms with E-state index in [0.717, 1.165) is 31.2 Å². The van der Waals surface area contributed by atoms with Gasteiger partial charge in [-0.15, -0.1) is 0 Å². The van der Waals surface area contributed by atoms with E-state index in [1.807, 2.05) is 30.3 Å². The van der Waals surface area contributed by atoms with E-state index < -0.39 is 4.92 Å². The van der Waals surface area contributed by atoms with Gasteiger partial charge < -0.3 is 9.64 Å². The van der Waals surface area contributed by atoms with Crippen LogP contribution < -0.4 is 9.64 Å². The first kappa shape index (κ1) is 17.1. The zero-order chi connectivity index (χ0) is 17.6. The Kier molecular flexibility index (Phi) is 5.42. The zero-order valence-corrected chi connectivity index (χ0v) is 14.3. The summed E-state index contributed by atoms with van der Waals surface area (Å²) in [6, 6.07) is 9.77. The van der Waals surface area contributed by atoms with Gasteiger partial charge in [0.25, 0.3) is 5.88 Å². The van der Waals surface area contributed by atoms with E-state index in [1.54, 1.807) is 11.9 Å². The second kappa shape index (κ2) is 7.92. The van der Waals surface area contributed by atoms with Crippen LogP contribution in [0.5, 0.6) is 5.88 Å². The Hall–Kier alpha value is -2.70. The molecule has 1 fully saturated rings. The van der Waals surface area contributed by atoms with E-state index in [2.05, 4.69) is 9.97 Å². The molecule has 1 heterocycles. The highest BCUT2D eigenvalue weighted by Crippen LogP contribution is 2.35. The number of aromatic nitrogens is 2. The number of hydrogen-bond donors (Lipinski definition) is 0. The van der Waals surface area contributed by atoms with Crippen molar-refractivity contribution in [1.82, 2.24) is 9.97 Å². The summed E-state index contributed by atoms with van der Waals surface area (Å²) in [6.07, 6.45) is 6.52. The first-order valence-corrected chi connectivity index (χ1v) is 8.56. The van der Waals surface area contributed by atoms with Gasteiger partial charge in [0.15, 0.2) is 0 Å². The Morgan fingerprint density at radius 1 is 1.20 bits per heavy atom. The Morgan fingerprint density at radius 3 is 2.60 bits per heavy atom. The maximum absolute atomic E-state index is 11.7. The maximum Gasteiger partial charge on any atom is 0.372 e. The first-order chi connectivity index (χ1) is 12.1. The Labute approximate surface area is 146 Å². The molecule has 3 rings (SSSR count). The van der Waals surface area contributed by atoms with Gasteiger partial charge in [-0.05, 0) is 31.2 Å². The van der Waals surface area contributed by atoms with Crippen molar-refractivity contribution < 1.29 is 9.66 Å². The van der Waals surface area contributed by atoms with Crippen LogP contribution in [-0.2, 0) is 6.54 Å². The molecule has 0 saturated heterocycles. The standard InChI is InChI=1S/C18H22N4O3/c1-21(12-14-8-4-2-5-9-14)17-16(22(23)24)18(20-13-19-17)25-15-10-6-3-7-11-15/h2,4-5,8-9,13,15H,3,6-7,10-12H2,1H3. The molecule has 2 aromatic rings. The first-order valence-electron chi connectivity index (χ1n) is 8.56. The third-order valence-corrected chi connectivity index (χ3v) is 4.41. The molecular weight excluding hydrogens is 320 g/mol. The van der Waals surface area contributed by atoms with E-state index in [1.165, 1.54) is 12.7 Å². The molecule has 1 aliphatic rings. The summed E-state index contributed by atoms with van der Waals surface area (Å²) in [7, 11) is 1.78. The van der Waals surface area contributed by atoms with Crippen LogP contribution in [0.3, 0.4) is 0 Å². The molecule has 132 valence electrons. The molecule has 0 aliphatic heterocycles. The molecule has 7 nitrogen and oxygen atoms in total. The average Bonchev–Trinajstić information content (AvgIpc) is 2.63. The number of rotatable bonds is 6. The molecule has 0 bridgehead atoms. The van der Waals surface area contributed by atoms with Crippen LogP contribution in [0.25, 0.3) is 0 Å². The largest absolute Gasteiger partial charge is 0.469 e. The van der Waals surface area contributed by atoms with Crippen molar-refractivity contribution in [2.75, 3.05) is 11.9 Å². The molecule has 25 heavy (non-hydrogen) atoms. The molecule has 0 atom stereocenters. The van der Waals surface area contributed by atoms with Crippen molar-refractivity contribution in [1.29, 1.82) is 0 Å². The zero-order valence-electron chi connectivity index (χ0n) is 14.3. The fourth-order valence-electron chi connectivity index (χ4n) is 3.15. The van der Waals surface area contributed by atoms with Gasteiger partial charge in [0.2, 0.25) is 5.82 Å². The fourth-order valence-corrected chi connectivity index (χ4v) is 3.15. The predicted octanol–water partition coefficient (Wildman–Crippen LogP) is 3.73. The summed E-state index contributed by atoms with van der Waals surface area (Å²) in [4.78, 5) is 21.1. The van der Waals surface area contributed by atoms with Crippen LogP contribution in [0.4, 0.5) is 11.5 Å². The van der Waals surface area contributed by atoms with Crippen LogP contribution in [0.1, 0.15) is 37.7 Å². The van der Waals surface area contributed by atoms with E-state index in [0.29, 0.717) is 6.54 Å². The normalized spacial score (nSPS) is 14.9. The van der Waals surface area contributed by atoms with E-state index in [-0.39, 0.29) is 23.5 Å². The molecule has 0 radical (unpaired) electrons. The monoisotopic (exact) mass is 342 g/mol. The van der Waals surface area contributed by atoms with Gasteiger partial charge in [0.05, 0.1) is 4.92 Å². The van der Waals surface area contributed by atoms with Crippen molar-refractivity contribution >= 4 is 11.5 Å². The Bertz CT molecular complexity index is 718. The van der Waals surface area contributed by atoms with Gasteiger partial charge in [-0.3, -0.25) is 10.1 Å². The predicted molar refractivity (Wildman–Crippen MR) is 94.7 cm³/mol. The van der Waals surface area contributed by atoms with Gasteiger partial charge in [0.1, 0.15) is 12.4 Å². The van der Waals surface area contributed by atoms with Crippen LogP contribution in [-0.4, -0.2) is 28.0 Å². The molecule has 0 spiro atoms. The third kappa shape index (κ3) is 4.23. The molecule has 1 aromatic carbocycles. The number of benzene rings is 1. The molecule has 1 aliphatic carbocycles. The van der Waals surface area contributed by atoms with Crippen LogP contribution in [0, 0.1) is 10.1 Å². The van der Waals surface area contributed by atoms with Gasteiger partial charge in [-0.1, -0.05) is 36.8 Å². The van der Waals surface area contributed by atoms with E-state index in [4.69, 9.17) is 4.74 Å². The summed E-state index contributed by atoms with van der Waals surface area (Å²) in [5, 5.41) is 11.7. The lowest BCUT2D eigenvalue weighted by atomic mass is 9.98. The smallest absolute Gasteiger partial charge is 0.372 e. The van der Waals surface area contributed by atoms with Crippen LogP contribution >= 0.6 is 0 Å². The molecule has 0 amide bonds. The van der Waals surface area contributed by atoms with Crippen molar-refractivity contribution in [3.63, 3.8) is 0 Å². The highest BCUT2D eigenvalue weighted by Gasteiger charge is 2.29. The number of hydrogen-bond acceptors (Lipinski definition) is 6. The molecule has 0 unspecified atom stereocenters. The lowest BCUT2D eigenvalue weighted by molar-refractivity contribution is -0.385. The summed E-state index contributed by atoms with van der Waals surface area (Å²) < 4.78 is 5.87. The minimum Gasteiger partial charge on any atom is -0.469 e. The van der Waals surface area contributed by atoms with Crippen molar-refractivity contribution in [3.8, 4) is 5.88 Å². The Morgan fingerprint density at radius 2 is 1.92 bits per heavy atom. The molecule has 1 aromatic heterocycles. The SMILES string of the molecule is CN(Cc1ccccc1)c1ncnc(OC2CCCCC2)c1[N+](=O)[O-]. The second-order valence-corrected chi connectivity index (χ2v) is 6.33. The van der Waals surface area contributed by atoms with E-state index in [9.17, 15) is 10.1 Å². The Balaban J connectivity index is 1.85. The van der Waals surface area contributed by atoms with Crippen molar-refractivity contribution in [3.05, 3.63) is 52.3 Å². The van der Waals surface area contributed by atoms with Gasteiger partial charge in [0, 0.05) is 13.6 Å². The molecular formula is C18H22N4O3. The molecule has 7 heteroatoms. The molecule has 0 N–H and O–H groups in total. The lowest BCUT2D eigenvalue weighted by Gasteiger charge is -2.23. The topological polar surface area (TPSA) is 81.4 Å². The number of ether oxygens (including phenoxy) is 1. The maximum atomic E-state index is 11.7. The number of nitrogens with zero attached hydrogens (tertiary/aromatic N) is 4. The highest BCUT2D eigenvalue weighted by molar-refractivity contribution is 5.62. The van der Waals surface area contributed by atoms with Gasteiger partial charge in [-0.2, -0.15) is 4.98 Å². The average molecular weight is 342 g/mol. The van der Waals surface area contributed by atoms with Gasteiger partial charge in [-0.25, -0.2) is 4.98 Å². The summed E-state index contributed by atoms with van der Waals surface area (Å²) in [6.45, 7) is 0.515. The quantitative estimate of drug-likeness (QED) is 0.588.